The molecule has 3 aliphatic carbocycles. The van der Waals surface area contributed by atoms with Crippen molar-refractivity contribution in [1.29, 1.82) is 0 Å². The van der Waals surface area contributed by atoms with Gasteiger partial charge in [0.25, 0.3) is 0 Å². The van der Waals surface area contributed by atoms with Crippen molar-refractivity contribution >= 4 is 0 Å². The van der Waals surface area contributed by atoms with Crippen LogP contribution in [0, 0.1) is 29.6 Å². The van der Waals surface area contributed by atoms with Gasteiger partial charge in [-0.3, -0.25) is 0 Å². The summed E-state index contributed by atoms with van der Waals surface area (Å²) in [7, 11) is 0. The van der Waals surface area contributed by atoms with Gasteiger partial charge in [0.15, 0.2) is 0 Å². The first-order valence-electron chi connectivity index (χ1n) is 11.3. The number of hydrogen-bond acceptors (Lipinski definition) is 2. The largest absolute Gasteiger partial charge is 0.366 e. The van der Waals surface area contributed by atoms with Crippen LogP contribution < -0.4 is 0 Å². The van der Waals surface area contributed by atoms with E-state index in [2.05, 4.69) is 20.8 Å². The molecule has 2 heterocycles. The summed E-state index contributed by atoms with van der Waals surface area (Å²) in [5, 5.41) is 0. The van der Waals surface area contributed by atoms with Gasteiger partial charge in [-0.25, -0.2) is 0 Å². The van der Waals surface area contributed by atoms with Crippen molar-refractivity contribution in [3.05, 3.63) is 0 Å². The van der Waals surface area contributed by atoms with E-state index in [1.165, 1.54) is 70.6 Å². The molecule has 0 bridgehead atoms. The summed E-state index contributed by atoms with van der Waals surface area (Å²) in [5.74, 6) is 4.57. The highest BCUT2D eigenvalue weighted by atomic mass is 16.6. The quantitative estimate of drug-likeness (QED) is 0.607. The highest BCUT2D eigenvalue weighted by Gasteiger charge is 2.60. The molecular formula is C23H38O2. The van der Waals surface area contributed by atoms with Gasteiger partial charge in [0.1, 0.15) is 0 Å². The van der Waals surface area contributed by atoms with Crippen LogP contribution in [0.15, 0.2) is 0 Å². The van der Waals surface area contributed by atoms with Gasteiger partial charge < -0.3 is 9.47 Å². The Balaban J connectivity index is 1.36. The highest BCUT2D eigenvalue weighted by Crippen LogP contribution is 2.58. The van der Waals surface area contributed by atoms with Crippen LogP contribution in [0.2, 0.25) is 0 Å². The van der Waals surface area contributed by atoms with E-state index in [0.717, 1.165) is 29.6 Å². The molecule has 0 radical (unpaired) electrons. The molecule has 5 aliphatic rings. The monoisotopic (exact) mass is 346 g/mol. The van der Waals surface area contributed by atoms with E-state index < -0.39 is 0 Å². The van der Waals surface area contributed by atoms with E-state index in [0.29, 0.717) is 12.2 Å². The van der Waals surface area contributed by atoms with Gasteiger partial charge in [0, 0.05) is 0 Å². The lowest BCUT2D eigenvalue weighted by Gasteiger charge is -2.45. The Morgan fingerprint density at radius 1 is 0.680 bits per heavy atom. The molecule has 5 fully saturated rings. The summed E-state index contributed by atoms with van der Waals surface area (Å²) in [6.07, 6.45) is 16.7. The lowest BCUT2D eigenvalue weighted by atomic mass is 9.59. The van der Waals surface area contributed by atoms with Crippen LogP contribution in [-0.2, 0) is 9.47 Å². The molecule has 0 N–H and O–H groups in total. The molecule has 0 spiro atoms. The first kappa shape index (κ1) is 17.0. The van der Waals surface area contributed by atoms with Crippen LogP contribution in [0.1, 0.15) is 91.4 Å². The highest BCUT2D eigenvalue weighted by molar-refractivity contribution is 5.09. The van der Waals surface area contributed by atoms with Crippen LogP contribution >= 0.6 is 0 Å². The lowest BCUT2D eigenvalue weighted by Crippen LogP contribution is -2.40. The van der Waals surface area contributed by atoms with Gasteiger partial charge in [-0.2, -0.15) is 0 Å². The second-order valence-electron chi connectivity index (χ2n) is 10.8. The van der Waals surface area contributed by atoms with Crippen molar-refractivity contribution in [2.75, 3.05) is 0 Å². The minimum Gasteiger partial charge on any atom is -0.366 e. The molecule has 0 amide bonds. The van der Waals surface area contributed by atoms with Gasteiger partial charge in [0.2, 0.25) is 0 Å². The molecule has 0 aromatic heterocycles. The van der Waals surface area contributed by atoms with E-state index in [4.69, 9.17) is 9.47 Å². The minimum atomic E-state index is 0.241. The number of hydrogen-bond donors (Lipinski definition) is 0. The van der Waals surface area contributed by atoms with Gasteiger partial charge in [0.05, 0.1) is 23.4 Å². The van der Waals surface area contributed by atoms with Gasteiger partial charge in [-0.1, -0.05) is 39.0 Å². The third-order valence-electron chi connectivity index (χ3n) is 9.09. The second-order valence-corrected chi connectivity index (χ2v) is 10.8. The van der Waals surface area contributed by atoms with E-state index in [-0.39, 0.29) is 11.2 Å². The SMILES string of the molecule is CC(C1CCCCC1)C(C1CCC2OC2(C)C1)C1CCC2OC2(C)C1. The predicted octanol–water partition coefficient (Wildman–Crippen LogP) is 5.73. The van der Waals surface area contributed by atoms with Crippen LogP contribution in [0.5, 0.6) is 0 Å². The van der Waals surface area contributed by atoms with Crippen LogP contribution in [0.3, 0.4) is 0 Å². The Bertz CT molecular complexity index is 478. The fraction of sp³-hybridized carbons (Fsp3) is 1.00. The summed E-state index contributed by atoms with van der Waals surface area (Å²) in [6.45, 7) is 7.40. The van der Waals surface area contributed by atoms with Crippen LogP contribution in [0.25, 0.3) is 0 Å². The van der Waals surface area contributed by atoms with Crippen molar-refractivity contribution in [3.63, 3.8) is 0 Å². The van der Waals surface area contributed by atoms with Crippen molar-refractivity contribution < 1.29 is 9.47 Å². The average Bonchev–Trinajstić information content (AvgIpc) is 3.47. The normalized spacial score (nSPS) is 52.0. The lowest BCUT2D eigenvalue weighted by molar-refractivity contribution is 0.0457. The van der Waals surface area contributed by atoms with Gasteiger partial charge in [-0.15, -0.1) is 0 Å². The number of epoxide rings is 2. The average molecular weight is 347 g/mol. The maximum atomic E-state index is 6.08. The van der Waals surface area contributed by atoms with Gasteiger partial charge >= 0.3 is 0 Å². The van der Waals surface area contributed by atoms with Crippen molar-refractivity contribution in [1.82, 2.24) is 0 Å². The number of fused-ring (bicyclic) bond motifs is 2. The first-order chi connectivity index (χ1) is 12.0. The van der Waals surface area contributed by atoms with E-state index >= 15 is 0 Å². The molecule has 2 heteroatoms. The summed E-state index contributed by atoms with van der Waals surface area (Å²) < 4.78 is 12.2. The summed E-state index contributed by atoms with van der Waals surface area (Å²) in [4.78, 5) is 0. The second kappa shape index (κ2) is 5.96. The van der Waals surface area contributed by atoms with Crippen molar-refractivity contribution in [2.45, 2.75) is 115 Å². The molecular weight excluding hydrogens is 308 g/mol. The summed E-state index contributed by atoms with van der Waals surface area (Å²) in [5.41, 5.74) is 0.481. The molecule has 3 saturated carbocycles. The molecule has 5 rings (SSSR count). The van der Waals surface area contributed by atoms with E-state index in [1.54, 1.807) is 0 Å². The molecule has 2 nitrogen and oxygen atoms in total. The third kappa shape index (κ3) is 3.00. The molecule has 7 unspecified atom stereocenters. The Labute approximate surface area is 154 Å². The maximum Gasteiger partial charge on any atom is 0.0923 e. The van der Waals surface area contributed by atoms with E-state index in [9.17, 15) is 0 Å². The summed E-state index contributed by atoms with van der Waals surface area (Å²) in [6, 6.07) is 0. The molecule has 142 valence electrons. The minimum absolute atomic E-state index is 0.241. The third-order valence-corrected chi connectivity index (χ3v) is 9.09. The molecule has 2 saturated heterocycles. The van der Waals surface area contributed by atoms with Gasteiger partial charge in [-0.05, 0) is 82.0 Å². The number of rotatable bonds is 4. The summed E-state index contributed by atoms with van der Waals surface area (Å²) >= 11 is 0. The zero-order chi connectivity index (χ0) is 17.2. The molecule has 25 heavy (non-hydrogen) atoms. The predicted molar refractivity (Wildman–Crippen MR) is 100 cm³/mol. The van der Waals surface area contributed by atoms with Crippen LogP contribution in [-0.4, -0.2) is 23.4 Å². The van der Waals surface area contributed by atoms with E-state index in [1.807, 2.05) is 0 Å². The molecule has 2 aliphatic heterocycles. The van der Waals surface area contributed by atoms with Crippen molar-refractivity contribution in [2.24, 2.45) is 29.6 Å². The zero-order valence-corrected chi connectivity index (χ0v) is 16.6. The fourth-order valence-electron chi connectivity index (χ4n) is 7.52. The Morgan fingerprint density at radius 2 is 1.20 bits per heavy atom. The molecule has 0 aromatic carbocycles. The topological polar surface area (TPSA) is 25.1 Å². The maximum absolute atomic E-state index is 6.08. The standard InChI is InChI=1S/C23H38O2/c1-15(16-7-5-4-6-8-16)21(17-9-11-19-22(2,13-17)24-19)18-10-12-20-23(3,14-18)25-20/h15-21H,4-14H2,1-3H3. The van der Waals surface area contributed by atoms with Crippen LogP contribution in [0.4, 0.5) is 0 Å². The van der Waals surface area contributed by atoms with Crippen molar-refractivity contribution in [3.8, 4) is 0 Å². The Hall–Kier alpha value is -0.0800. The smallest absolute Gasteiger partial charge is 0.0923 e. The Kier molecular flexibility index (Phi) is 4.06. The first-order valence-corrected chi connectivity index (χ1v) is 11.3. The molecule has 0 aromatic rings. The molecule has 7 atom stereocenters. The fourth-order valence-corrected chi connectivity index (χ4v) is 7.52. The zero-order valence-electron chi connectivity index (χ0n) is 16.6. The Morgan fingerprint density at radius 3 is 1.68 bits per heavy atom. The number of ether oxygens (including phenoxy) is 2.